The lowest BCUT2D eigenvalue weighted by Crippen LogP contribution is -2.26. The van der Waals surface area contributed by atoms with Crippen LogP contribution < -0.4 is 4.72 Å². The lowest BCUT2D eigenvalue weighted by molar-refractivity contribution is 0.592. The highest BCUT2D eigenvalue weighted by Crippen LogP contribution is 2.12. The number of nitriles is 1. The van der Waals surface area contributed by atoms with E-state index in [4.69, 9.17) is 5.26 Å². The number of nitrogens with zero attached hydrogens (tertiary/aromatic N) is 2. The van der Waals surface area contributed by atoms with Gasteiger partial charge in [0.1, 0.15) is 5.82 Å². The van der Waals surface area contributed by atoms with Gasteiger partial charge in [-0.3, -0.25) is 4.72 Å². The molecule has 0 aliphatic heterocycles. The number of rotatable bonds is 4. The normalized spacial score (nSPS) is 12.8. The molecule has 1 aromatic rings. The van der Waals surface area contributed by atoms with E-state index in [1.165, 1.54) is 0 Å². The van der Waals surface area contributed by atoms with Crippen LogP contribution in [0.25, 0.3) is 0 Å². The van der Waals surface area contributed by atoms with Gasteiger partial charge >= 0.3 is 0 Å². The summed E-state index contributed by atoms with van der Waals surface area (Å²) in [4.78, 5) is 3.91. The molecule has 0 bridgehead atoms. The third kappa shape index (κ3) is 3.31. The Balaban J connectivity index is 2.89. The summed E-state index contributed by atoms with van der Waals surface area (Å²) in [5.74, 6) is 0.231. The smallest absolute Gasteiger partial charge is 0.250 e. The molecule has 0 fully saturated rings. The predicted molar refractivity (Wildman–Crippen MR) is 69.2 cm³/mol. The number of nitrogens with one attached hydrogen (secondary N) is 1. The Morgan fingerprint density at radius 1 is 1.62 bits per heavy atom. The van der Waals surface area contributed by atoms with Crippen LogP contribution in [0.3, 0.4) is 0 Å². The molecule has 86 valence electrons. The highest BCUT2D eigenvalue weighted by atomic mass is 127. The molecular formula is C9H10IN3O2S. The van der Waals surface area contributed by atoms with Crippen LogP contribution in [0.2, 0.25) is 0 Å². The minimum Gasteiger partial charge on any atom is -0.266 e. The number of halogens is 1. The molecule has 0 aromatic carbocycles. The summed E-state index contributed by atoms with van der Waals surface area (Å²) in [6, 6.07) is 5.04. The van der Waals surface area contributed by atoms with E-state index < -0.39 is 15.3 Å². The van der Waals surface area contributed by atoms with Gasteiger partial charge in [0.2, 0.25) is 10.0 Å². The van der Waals surface area contributed by atoms with Crippen molar-refractivity contribution < 1.29 is 8.42 Å². The van der Waals surface area contributed by atoms with Crippen molar-refractivity contribution in [2.24, 2.45) is 0 Å². The second-order valence-corrected chi connectivity index (χ2v) is 6.14. The van der Waals surface area contributed by atoms with Crippen molar-refractivity contribution in [1.82, 2.24) is 4.98 Å². The molecule has 0 aliphatic rings. The third-order valence-electron chi connectivity index (χ3n) is 1.86. The van der Waals surface area contributed by atoms with Gasteiger partial charge < -0.3 is 0 Å². The van der Waals surface area contributed by atoms with Crippen LogP contribution in [-0.4, -0.2) is 18.7 Å². The maximum atomic E-state index is 11.7. The topological polar surface area (TPSA) is 82.8 Å². The largest absolute Gasteiger partial charge is 0.266 e. The van der Waals surface area contributed by atoms with Gasteiger partial charge in [0, 0.05) is 9.77 Å². The molecule has 0 spiro atoms. The molecule has 0 amide bonds. The SMILES string of the molecule is CCC(C#N)S(=O)(=O)Nc1ccc(I)cn1. The molecule has 1 atom stereocenters. The quantitative estimate of drug-likeness (QED) is 0.838. The number of anilines is 1. The van der Waals surface area contributed by atoms with Gasteiger partial charge in [-0.25, -0.2) is 13.4 Å². The van der Waals surface area contributed by atoms with E-state index in [0.717, 1.165) is 3.57 Å². The average molecular weight is 351 g/mol. The highest BCUT2D eigenvalue weighted by molar-refractivity contribution is 14.1. The average Bonchev–Trinajstić information content (AvgIpc) is 2.22. The minimum atomic E-state index is -3.66. The molecule has 0 radical (unpaired) electrons. The predicted octanol–water partition coefficient (Wildman–Crippen LogP) is 1.73. The number of aromatic nitrogens is 1. The second-order valence-electron chi connectivity index (χ2n) is 3.03. The Morgan fingerprint density at radius 3 is 2.75 bits per heavy atom. The fourth-order valence-corrected chi connectivity index (χ4v) is 2.48. The van der Waals surface area contributed by atoms with E-state index in [2.05, 4.69) is 32.3 Å². The summed E-state index contributed by atoms with van der Waals surface area (Å²) in [6.07, 6.45) is 1.79. The fraction of sp³-hybridized carbons (Fsp3) is 0.333. The van der Waals surface area contributed by atoms with Crippen molar-refractivity contribution in [3.63, 3.8) is 0 Å². The first-order valence-corrected chi connectivity index (χ1v) is 7.15. The molecule has 0 saturated carbocycles. The van der Waals surface area contributed by atoms with Crippen molar-refractivity contribution in [2.45, 2.75) is 18.6 Å². The zero-order valence-corrected chi connectivity index (χ0v) is 11.5. The van der Waals surface area contributed by atoms with E-state index in [1.807, 2.05) is 0 Å². The number of pyridine rings is 1. The van der Waals surface area contributed by atoms with Crippen LogP contribution in [0.15, 0.2) is 18.3 Å². The van der Waals surface area contributed by atoms with Gasteiger partial charge in [0.05, 0.1) is 6.07 Å². The summed E-state index contributed by atoms with van der Waals surface area (Å²) < 4.78 is 26.5. The van der Waals surface area contributed by atoms with Crippen LogP contribution in [-0.2, 0) is 10.0 Å². The molecule has 1 heterocycles. The van der Waals surface area contributed by atoms with Gasteiger partial charge in [-0.1, -0.05) is 6.92 Å². The number of sulfonamides is 1. The fourth-order valence-electron chi connectivity index (χ4n) is 1.03. The Morgan fingerprint density at radius 2 is 2.31 bits per heavy atom. The molecule has 0 aliphatic carbocycles. The molecule has 7 heteroatoms. The van der Waals surface area contributed by atoms with Crippen LogP contribution in [0.4, 0.5) is 5.82 Å². The molecular weight excluding hydrogens is 341 g/mol. The Hall–Kier alpha value is -0.880. The highest BCUT2D eigenvalue weighted by Gasteiger charge is 2.23. The summed E-state index contributed by atoms with van der Waals surface area (Å²) in [5.41, 5.74) is 0. The van der Waals surface area contributed by atoms with Gasteiger partial charge in [-0.05, 0) is 41.1 Å². The summed E-state index contributed by atoms with van der Waals surface area (Å²) >= 11 is 2.07. The summed E-state index contributed by atoms with van der Waals surface area (Å²) in [7, 11) is -3.66. The van der Waals surface area contributed by atoms with Gasteiger partial charge in [-0.15, -0.1) is 0 Å². The maximum absolute atomic E-state index is 11.7. The molecule has 1 unspecified atom stereocenters. The van der Waals surface area contributed by atoms with Crippen molar-refractivity contribution in [3.05, 3.63) is 21.9 Å². The van der Waals surface area contributed by atoms with E-state index in [9.17, 15) is 8.42 Å². The van der Waals surface area contributed by atoms with E-state index in [-0.39, 0.29) is 12.2 Å². The molecule has 0 saturated heterocycles. The van der Waals surface area contributed by atoms with E-state index in [1.54, 1.807) is 31.3 Å². The Labute approximate surface area is 108 Å². The van der Waals surface area contributed by atoms with Crippen LogP contribution in [0.1, 0.15) is 13.3 Å². The van der Waals surface area contributed by atoms with Gasteiger partial charge in [0.25, 0.3) is 0 Å². The Kier molecular flexibility index (Phi) is 4.49. The number of hydrogen-bond donors (Lipinski definition) is 1. The van der Waals surface area contributed by atoms with Crippen LogP contribution in [0, 0.1) is 14.9 Å². The van der Waals surface area contributed by atoms with Crippen LogP contribution in [0.5, 0.6) is 0 Å². The van der Waals surface area contributed by atoms with Crippen molar-refractivity contribution >= 4 is 38.4 Å². The summed E-state index contributed by atoms with van der Waals surface area (Å²) in [5, 5.41) is 7.65. The number of hydrogen-bond acceptors (Lipinski definition) is 4. The first-order valence-electron chi connectivity index (χ1n) is 4.52. The standard InChI is InChI=1S/C9H10IN3O2S/c1-2-8(5-11)16(14,15)13-9-4-3-7(10)6-12-9/h3-4,6,8H,2H2,1H3,(H,12,13). The van der Waals surface area contributed by atoms with Crippen molar-refractivity contribution in [2.75, 3.05) is 4.72 Å². The van der Waals surface area contributed by atoms with Crippen LogP contribution >= 0.6 is 22.6 Å². The monoisotopic (exact) mass is 351 g/mol. The maximum Gasteiger partial charge on any atom is 0.250 e. The van der Waals surface area contributed by atoms with Gasteiger partial charge in [-0.2, -0.15) is 5.26 Å². The third-order valence-corrected chi connectivity index (χ3v) is 4.18. The van der Waals surface area contributed by atoms with Crippen molar-refractivity contribution in [3.8, 4) is 6.07 Å². The molecule has 16 heavy (non-hydrogen) atoms. The zero-order valence-electron chi connectivity index (χ0n) is 8.51. The molecule has 1 aromatic heterocycles. The second kappa shape index (κ2) is 5.45. The summed E-state index contributed by atoms with van der Waals surface area (Å²) in [6.45, 7) is 1.65. The molecule has 1 N–H and O–H groups in total. The lowest BCUT2D eigenvalue weighted by atomic mass is 10.4. The Bertz CT molecular complexity index is 492. The van der Waals surface area contributed by atoms with Crippen molar-refractivity contribution in [1.29, 1.82) is 5.26 Å². The molecule has 1 rings (SSSR count). The molecule has 5 nitrogen and oxygen atoms in total. The first kappa shape index (κ1) is 13.2. The van der Waals surface area contributed by atoms with E-state index >= 15 is 0 Å². The lowest BCUT2D eigenvalue weighted by Gasteiger charge is -2.10. The van der Waals surface area contributed by atoms with E-state index in [0.29, 0.717) is 0 Å². The zero-order chi connectivity index (χ0) is 12.2. The van der Waals surface area contributed by atoms with Gasteiger partial charge in [0.15, 0.2) is 5.25 Å². The first-order chi connectivity index (χ1) is 7.49. The minimum absolute atomic E-state index is 0.231.